The predicted molar refractivity (Wildman–Crippen MR) is 307 cm³/mol. The maximum absolute atomic E-state index is 14.2. The summed E-state index contributed by atoms with van der Waals surface area (Å²) in [6.07, 6.45) is 5.57. The van der Waals surface area contributed by atoms with Crippen LogP contribution < -0.4 is 9.64 Å². The first-order valence-corrected chi connectivity index (χ1v) is 30.5. The topological polar surface area (TPSA) is 112 Å². The Hall–Kier alpha value is -4.56. The Morgan fingerprint density at radius 2 is 1.55 bits per heavy atom. The van der Waals surface area contributed by atoms with E-state index >= 15 is 0 Å². The van der Waals surface area contributed by atoms with Crippen LogP contribution in [-0.4, -0.2) is 129 Å². The number of hydrogen-bond acceptors (Lipinski definition) is 12. The van der Waals surface area contributed by atoms with Gasteiger partial charge in [0.2, 0.25) is 6.29 Å². The Bertz CT molecular complexity index is 2870. The fraction of sp³-hybridized carbons (Fsp3) is 0.450. The molecule has 18 heteroatoms. The normalized spacial score (nSPS) is 19.5. The summed E-state index contributed by atoms with van der Waals surface area (Å²) in [4.78, 5) is 22.2. The van der Waals surface area contributed by atoms with E-state index in [1.807, 2.05) is 36.0 Å². The number of hydrogen-bond donors (Lipinski definition) is 1. The molecule has 4 aliphatic rings. The summed E-state index contributed by atoms with van der Waals surface area (Å²) in [5.41, 5.74) is 0.856. The highest BCUT2D eigenvalue weighted by Crippen LogP contribution is 2.43. The first kappa shape index (κ1) is 59.6. The van der Waals surface area contributed by atoms with Gasteiger partial charge in [-0.2, -0.15) is 13.2 Å². The third-order valence-corrected chi connectivity index (χ3v) is 18.5. The van der Waals surface area contributed by atoms with Crippen molar-refractivity contribution < 1.29 is 45.7 Å². The van der Waals surface area contributed by atoms with Gasteiger partial charge in [-0.15, -0.1) is 11.8 Å². The van der Waals surface area contributed by atoms with Crippen molar-refractivity contribution in [1.82, 2.24) is 14.1 Å². The fourth-order valence-corrected chi connectivity index (χ4v) is 13.2. The van der Waals surface area contributed by atoms with Crippen LogP contribution in [0.3, 0.4) is 0 Å². The van der Waals surface area contributed by atoms with E-state index < -0.39 is 38.5 Å². The number of nitrogens with zero attached hydrogens (tertiary/aromatic N) is 4. The van der Waals surface area contributed by atoms with E-state index in [0.717, 1.165) is 113 Å². The van der Waals surface area contributed by atoms with Crippen molar-refractivity contribution in [3.05, 3.63) is 154 Å². The van der Waals surface area contributed by atoms with Gasteiger partial charge in [0.15, 0.2) is 0 Å². The summed E-state index contributed by atoms with van der Waals surface area (Å²) >= 11 is 9.03. The number of sulfone groups is 1. The number of aliphatic hydroxyl groups excluding tert-OH is 1. The maximum atomic E-state index is 14.2. The van der Waals surface area contributed by atoms with Crippen molar-refractivity contribution in [3.8, 4) is 5.75 Å². The highest BCUT2D eigenvalue weighted by atomic mass is 35.5. The first-order chi connectivity index (χ1) is 37.4. The molecule has 0 saturated carbocycles. The van der Waals surface area contributed by atoms with Crippen LogP contribution >= 0.6 is 35.3 Å². The Balaban J connectivity index is 0.000000400. The number of alkyl halides is 3. The lowest BCUT2D eigenvalue weighted by molar-refractivity contribution is -0.170. The number of benzene rings is 5. The predicted octanol–water partition coefficient (Wildman–Crippen LogP) is 12.8. The fourth-order valence-electron chi connectivity index (χ4n) is 10.1. The van der Waals surface area contributed by atoms with Crippen LogP contribution in [0.5, 0.6) is 5.75 Å². The van der Waals surface area contributed by atoms with Crippen LogP contribution in [0, 0.1) is 12.3 Å². The molecule has 11 nitrogen and oxygen atoms in total. The number of carbonyl (C=O) groups excluding carboxylic acids is 1. The summed E-state index contributed by atoms with van der Waals surface area (Å²) in [6, 6.07) is 36.7. The molecule has 0 bridgehead atoms. The van der Waals surface area contributed by atoms with Crippen LogP contribution in [-0.2, 0) is 25.9 Å². The molecule has 2 atom stereocenters. The van der Waals surface area contributed by atoms with Crippen molar-refractivity contribution in [3.63, 3.8) is 0 Å². The first-order valence-electron chi connectivity index (χ1n) is 26.9. The van der Waals surface area contributed by atoms with Crippen LogP contribution in [0.2, 0.25) is 5.02 Å². The number of rotatable bonds is 18. The van der Waals surface area contributed by atoms with Crippen LogP contribution in [0.4, 0.5) is 18.9 Å². The lowest BCUT2D eigenvalue weighted by Crippen LogP contribution is -2.47. The lowest BCUT2D eigenvalue weighted by atomic mass is 9.73. The third kappa shape index (κ3) is 16.8. The van der Waals surface area contributed by atoms with Gasteiger partial charge in [-0.25, -0.2) is 8.42 Å². The smallest absolute Gasteiger partial charge is 0.462 e. The number of thioether (sulfide) groups is 1. The van der Waals surface area contributed by atoms with Gasteiger partial charge in [-0.1, -0.05) is 79.6 Å². The number of ether oxygens (including phenoxy) is 3. The summed E-state index contributed by atoms with van der Waals surface area (Å²) in [7, 11) is -5.64. The molecule has 5 aromatic rings. The zero-order valence-electron chi connectivity index (χ0n) is 44.8. The molecule has 1 amide bonds. The minimum absolute atomic E-state index is 0.0264. The number of anilines is 1. The molecule has 0 radical (unpaired) electrons. The van der Waals surface area contributed by atoms with Gasteiger partial charge >= 0.3 is 5.51 Å². The number of halogens is 4. The molecule has 9 rings (SSSR count). The van der Waals surface area contributed by atoms with E-state index in [-0.39, 0.29) is 22.4 Å². The van der Waals surface area contributed by atoms with Gasteiger partial charge in [-0.3, -0.25) is 18.9 Å². The average Bonchev–Trinajstić information content (AvgIpc) is 3.50. The van der Waals surface area contributed by atoms with Gasteiger partial charge < -0.3 is 24.2 Å². The molecule has 3 saturated heterocycles. The van der Waals surface area contributed by atoms with Crippen molar-refractivity contribution in [2.45, 2.75) is 105 Å². The molecule has 2 unspecified atom stereocenters. The van der Waals surface area contributed by atoms with E-state index in [4.69, 9.17) is 25.8 Å². The molecule has 3 fully saturated rings. The maximum Gasteiger partial charge on any atom is 0.501 e. The van der Waals surface area contributed by atoms with Gasteiger partial charge in [0.05, 0.1) is 31.3 Å². The monoisotopic (exact) mass is 1150 g/mol. The van der Waals surface area contributed by atoms with E-state index in [1.165, 1.54) is 70.1 Å². The quantitative estimate of drug-likeness (QED) is 0.0512. The van der Waals surface area contributed by atoms with E-state index in [2.05, 4.69) is 71.0 Å². The van der Waals surface area contributed by atoms with Crippen molar-refractivity contribution in [1.29, 1.82) is 0 Å². The van der Waals surface area contributed by atoms with Crippen molar-refractivity contribution >= 4 is 62.3 Å². The van der Waals surface area contributed by atoms with E-state index in [9.17, 15) is 31.5 Å². The molecule has 3 heterocycles. The Morgan fingerprint density at radius 3 is 2.23 bits per heavy atom. The Kier molecular flexibility index (Phi) is 21.2. The summed E-state index contributed by atoms with van der Waals surface area (Å²) < 4.78 is 83.9. The summed E-state index contributed by atoms with van der Waals surface area (Å²) in [5.74, 6) is 1.27. The van der Waals surface area contributed by atoms with E-state index in [1.54, 1.807) is 36.4 Å². The second kappa shape index (κ2) is 27.7. The zero-order chi connectivity index (χ0) is 55.3. The summed E-state index contributed by atoms with van der Waals surface area (Å²) in [6.45, 7) is 16.1. The number of aliphatic hydroxyl groups is 1. The second-order valence-corrected chi connectivity index (χ2v) is 25.7. The third-order valence-electron chi connectivity index (χ3n) is 14.6. The average molecular weight is 1150 g/mol. The van der Waals surface area contributed by atoms with Crippen LogP contribution in [0.15, 0.2) is 142 Å². The second-order valence-electron chi connectivity index (χ2n) is 21.1. The van der Waals surface area contributed by atoms with Crippen molar-refractivity contribution in [2.75, 3.05) is 82.8 Å². The molecule has 3 aliphatic heterocycles. The van der Waals surface area contributed by atoms with Gasteiger partial charge in [0.25, 0.3) is 15.7 Å². The number of unbranched alkanes of at least 4 members (excludes halogenated alkanes) is 1. The molecule has 1 N–H and O–H groups in total. The molecule has 78 heavy (non-hydrogen) atoms. The number of amides is 1. The highest BCUT2D eigenvalue weighted by molar-refractivity contribution is 7.99. The highest BCUT2D eigenvalue weighted by Gasteiger charge is 2.47. The largest absolute Gasteiger partial charge is 0.501 e. The number of carbonyl (C=O) groups is 1. The Labute approximate surface area is 472 Å². The number of aryl methyl sites for hydroxylation is 1. The van der Waals surface area contributed by atoms with Gasteiger partial charge in [0.1, 0.15) is 11.9 Å². The molecule has 1 aliphatic carbocycles. The lowest BCUT2D eigenvalue weighted by Gasteiger charge is -2.39. The molecular weight excluding hydrogens is 1080 g/mol. The minimum atomic E-state index is -5.64. The molecule has 5 aromatic carbocycles. The van der Waals surface area contributed by atoms with Crippen LogP contribution in [0.1, 0.15) is 85.8 Å². The van der Waals surface area contributed by atoms with Crippen molar-refractivity contribution in [2.24, 2.45) is 5.41 Å². The minimum Gasteiger partial charge on any atom is -0.462 e. The number of morpholine rings is 1. The SMILES string of the molecule is Cc1ccc(SN(Cc2ccc(OC3OCCCC3O)cc2)C(=O)c2ccc(N3CCN(CC4=C(c5ccc(Cl)cc5)CCC(C)(C)C4)CC3)cc2)cc1S(=O)(=O)C(F)(F)F.c1ccc(SCCCCN2CCOCC2)cc1. The van der Waals surface area contributed by atoms with Crippen LogP contribution in [0.25, 0.3) is 5.57 Å². The standard InChI is InChI=1S/C46H51ClF3N3O6S2.C14H21NOS/c1-31-6-19-39(27-42(31)61(56,57)46(48,49)50)60-53(29-32-7-17-38(18-8-32)59-44-41(54)5-4-26-58-44)43(55)34-11-15-37(16-12-34)52-24-22-51(23-25-52)30-35-28-45(2,3)21-20-40(35)33-9-13-36(47)14-10-33;1-2-6-14(7-3-1)17-13-5-4-8-15-9-11-16-12-10-15/h6-19,27,41,44,54H,4-5,20-26,28-30H2,1-3H3;1-3,6-7H,4-5,8-13H2. The number of piperazine rings is 1. The summed E-state index contributed by atoms with van der Waals surface area (Å²) in [5, 5.41) is 11.0. The van der Waals surface area contributed by atoms with E-state index in [0.29, 0.717) is 29.9 Å². The number of allylic oxidation sites excluding steroid dienone is 1. The molecular formula is C60H72ClF3N4O7S3. The van der Waals surface area contributed by atoms with Gasteiger partial charge in [0, 0.05) is 71.9 Å². The molecule has 0 aromatic heterocycles. The molecule has 420 valence electrons. The zero-order valence-corrected chi connectivity index (χ0v) is 48.0. The van der Waals surface area contributed by atoms with Gasteiger partial charge in [-0.05, 0) is 177 Å². The Morgan fingerprint density at radius 1 is 0.846 bits per heavy atom. The molecule has 0 spiro atoms.